The van der Waals surface area contributed by atoms with Crippen LogP contribution in [0.3, 0.4) is 0 Å². The summed E-state index contributed by atoms with van der Waals surface area (Å²) in [5.41, 5.74) is 1.48. The van der Waals surface area contributed by atoms with Gasteiger partial charge < -0.3 is 9.64 Å². The fraction of sp³-hybridized carbons (Fsp3) is 0.500. The van der Waals surface area contributed by atoms with Gasteiger partial charge in [0.25, 0.3) is 0 Å². The van der Waals surface area contributed by atoms with Gasteiger partial charge in [-0.15, -0.1) is 13.2 Å². The van der Waals surface area contributed by atoms with Gasteiger partial charge in [0, 0.05) is 35.6 Å². The maximum Gasteiger partial charge on any atom is 0.573 e. The zero-order valence-electron chi connectivity index (χ0n) is 11.2. The number of nitrogens with zero attached hydrogens (tertiary/aromatic N) is 2. The molecule has 2 aliphatic rings. The Bertz CT molecular complexity index is 586. The number of ether oxygens (including phenoxy) is 1. The largest absolute Gasteiger partial charge is 0.573 e. The highest BCUT2D eigenvalue weighted by molar-refractivity contribution is 9.10. The minimum absolute atomic E-state index is 0.237. The Labute approximate surface area is 128 Å². The maximum absolute atomic E-state index is 12.3. The molecular formula is C14H14BrF3N2O. The van der Waals surface area contributed by atoms with Crippen molar-refractivity contribution in [2.75, 3.05) is 6.54 Å². The lowest BCUT2D eigenvalue weighted by Crippen LogP contribution is -2.32. The van der Waals surface area contributed by atoms with Crippen molar-refractivity contribution in [3.8, 4) is 5.75 Å². The SMILES string of the molecule is FC(F)(F)Oc1cc(Br)c2c(c1)N=C1CCCCCN1C2. The monoisotopic (exact) mass is 362 g/mol. The van der Waals surface area contributed by atoms with Crippen molar-refractivity contribution in [3.63, 3.8) is 0 Å². The van der Waals surface area contributed by atoms with E-state index in [2.05, 4.69) is 30.6 Å². The van der Waals surface area contributed by atoms with Gasteiger partial charge in [-0.2, -0.15) is 0 Å². The summed E-state index contributed by atoms with van der Waals surface area (Å²) >= 11 is 3.33. The number of amidine groups is 1. The number of hydrogen-bond donors (Lipinski definition) is 0. The van der Waals surface area contributed by atoms with Crippen LogP contribution in [0.25, 0.3) is 0 Å². The first-order valence-corrected chi connectivity index (χ1v) is 7.62. The van der Waals surface area contributed by atoms with Crippen molar-refractivity contribution >= 4 is 27.5 Å². The molecule has 2 heterocycles. The van der Waals surface area contributed by atoms with Crippen LogP contribution in [0, 0.1) is 0 Å². The zero-order valence-corrected chi connectivity index (χ0v) is 12.8. The highest BCUT2D eigenvalue weighted by Crippen LogP contribution is 2.39. The number of halogens is 4. The third kappa shape index (κ3) is 3.33. The fourth-order valence-electron chi connectivity index (χ4n) is 2.72. The lowest BCUT2D eigenvalue weighted by atomic mass is 10.1. The Morgan fingerprint density at radius 3 is 2.76 bits per heavy atom. The van der Waals surface area contributed by atoms with Gasteiger partial charge in [-0.1, -0.05) is 22.4 Å². The second-order valence-electron chi connectivity index (χ2n) is 5.21. The average Bonchev–Trinajstić information content (AvgIpc) is 2.59. The quantitative estimate of drug-likeness (QED) is 0.718. The third-order valence-electron chi connectivity index (χ3n) is 3.67. The number of alkyl halides is 3. The summed E-state index contributed by atoms with van der Waals surface area (Å²) in [4.78, 5) is 6.76. The highest BCUT2D eigenvalue weighted by atomic mass is 79.9. The second-order valence-corrected chi connectivity index (χ2v) is 6.07. The Hall–Kier alpha value is -1.24. The van der Waals surface area contributed by atoms with Gasteiger partial charge in [0.2, 0.25) is 0 Å². The van der Waals surface area contributed by atoms with Crippen molar-refractivity contribution < 1.29 is 17.9 Å². The standard InChI is InChI=1S/C14H14BrF3N2O/c15-11-6-9(21-14(16,17)18)7-12-10(11)8-20-5-3-1-2-4-13(20)19-12/h6-7H,1-5,8H2. The van der Waals surface area contributed by atoms with Crippen LogP contribution in [-0.2, 0) is 6.54 Å². The highest BCUT2D eigenvalue weighted by Gasteiger charge is 2.32. The van der Waals surface area contributed by atoms with Crippen LogP contribution in [0.5, 0.6) is 5.75 Å². The van der Waals surface area contributed by atoms with Crippen LogP contribution < -0.4 is 4.74 Å². The van der Waals surface area contributed by atoms with E-state index >= 15 is 0 Å². The molecule has 0 bridgehead atoms. The van der Waals surface area contributed by atoms with Gasteiger partial charge >= 0.3 is 6.36 Å². The van der Waals surface area contributed by atoms with E-state index in [0.29, 0.717) is 16.7 Å². The molecule has 0 aromatic heterocycles. The molecule has 1 saturated heterocycles. The van der Waals surface area contributed by atoms with Gasteiger partial charge in [-0.05, 0) is 18.9 Å². The molecule has 0 aliphatic carbocycles. The smallest absolute Gasteiger partial charge is 0.406 e. The lowest BCUT2D eigenvalue weighted by molar-refractivity contribution is -0.274. The molecule has 1 fully saturated rings. The normalized spacial score (nSPS) is 18.5. The molecule has 7 heteroatoms. The van der Waals surface area contributed by atoms with Crippen LogP contribution in [0.15, 0.2) is 21.6 Å². The molecule has 114 valence electrons. The van der Waals surface area contributed by atoms with Crippen LogP contribution in [-0.4, -0.2) is 23.6 Å². The minimum atomic E-state index is -4.69. The summed E-state index contributed by atoms with van der Waals surface area (Å²) in [7, 11) is 0. The predicted octanol–water partition coefficient (Wildman–Crippen LogP) is 4.77. The molecule has 0 spiro atoms. The summed E-state index contributed by atoms with van der Waals surface area (Å²) < 4.78 is 41.6. The van der Waals surface area contributed by atoms with E-state index in [1.165, 1.54) is 12.1 Å². The van der Waals surface area contributed by atoms with Crippen LogP contribution >= 0.6 is 15.9 Å². The van der Waals surface area contributed by atoms with E-state index < -0.39 is 6.36 Å². The van der Waals surface area contributed by atoms with Crippen LogP contribution in [0.2, 0.25) is 0 Å². The summed E-state index contributed by atoms with van der Waals surface area (Å²) in [6, 6.07) is 2.72. The Morgan fingerprint density at radius 1 is 1.19 bits per heavy atom. The average molecular weight is 363 g/mol. The molecule has 0 atom stereocenters. The van der Waals surface area contributed by atoms with E-state index in [4.69, 9.17) is 0 Å². The van der Waals surface area contributed by atoms with Crippen LogP contribution in [0.4, 0.5) is 18.9 Å². The Morgan fingerprint density at radius 2 is 2.00 bits per heavy atom. The lowest BCUT2D eigenvalue weighted by Gasteiger charge is -2.30. The summed E-state index contributed by atoms with van der Waals surface area (Å²) in [6.07, 6.45) is -0.452. The van der Waals surface area contributed by atoms with Crippen molar-refractivity contribution in [3.05, 3.63) is 22.2 Å². The number of hydrogen-bond acceptors (Lipinski definition) is 3. The molecule has 3 rings (SSSR count). The third-order valence-corrected chi connectivity index (χ3v) is 4.38. The molecule has 0 N–H and O–H groups in total. The number of fused-ring (bicyclic) bond motifs is 2. The molecule has 0 unspecified atom stereocenters. The van der Waals surface area contributed by atoms with Crippen molar-refractivity contribution in [2.24, 2.45) is 4.99 Å². The summed E-state index contributed by atoms with van der Waals surface area (Å²) in [6.45, 7) is 1.63. The van der Waals surface area contributed by atoms with Crippen molar-refractivity contribution in [2.45, 2.75) is 38.6 Å². The van der Waals surface area contributed by atoms with Gasteiger partial charge in [-0.3, -0.25) is 0 Å². The number of aliphatic imine (C=N–C) groups is 1. The van der Waals surface area contributed by atoms with E-state index in [-0.39, 0.29) is 5.75 Å². The predicted molar refractivity (Wildman–Crippen MR) is 76.8 cm³/mol. The molecule has 2 aliphatic heterocycles. The van der Waals surface area contributed by atoms with Gasteiger partial charge in [-0.25, -0.2) is 4.99 Å². The summed E-state index contributed by atoms with van der Waals surface area (Å²) in [5, 5.41) is 0. The van der Waals surface area contributed by atoms with Gasteiger partial charge in [0.1, 0.15) is 11.6 Å². The first kappa shape index (κ1) is 14.7. The fourth-order valence-corrected chi connectivity index (χ4v) is 3.28. The molecule has 0 amide bonds. The zero-order chi connectivity index (χ0) is 15.0. The molecule has 1 aromatic carbocycles. The minimum Gasteiger partial charge on any atom is -0.406 e. The van der Waals surface area contributed by atoms with Crippen LogP contribution in [0.1, 0.15) is 31.2 Å². The first-order chi connectivity index (χ1) is 9.92. The van der Waals surface area contributed by atoms with Crippen molar-refractivity contribution in [1.29, 1.82) is 0 Å². The molecule has 21 heavy (non-hydrogen) atoms. The maximum atomic E-state index is 12.3. The number of rotatable bonds is 1. The Balaban J connectivity index is 1.96. The Kier molecular flexibility index (Phi) is 3.86. The molecule has 0 radical (unpaired) electrons. The van der Waals surface area contributed by atoms with E-state index in [0.717, 1.165) is 43.6 Å². The molecule has 3 nitrogen and oxygen atoms in total. The van der Waals surface area contributed by atoms with Gasteiger partial charge in [0.15, 0.2) is 0 Å². The van der Waals surface area contributed by atoms with E-state index in [1.54, 1.807) is 0 Å². The second kappa shape index (κ2) is 5.51. The summed E-state index contributed by atoms with van der Waals surface area (Å²) in [5.74, 6) is 0.732. The van der Waals surface area contributed by atoms with E-state index in [9.17, 15) is 13.2 Å². The molecule has 0 saturated carbocycles. The topological polar surface area (TPSA) is 24.8 Å². The number of benzene rings is 1. The van der Waals surface area contributed by atoms with E-state index in [1.807, 2.05) is 0 Å². The van der Waals surface area contributed by atoms with Gasteiger partial charge in [0.05, 0.1) is 5.69 Å². The molecular weight excluding hydrogens is 349 g/mol. The first-order valence-electron chi connectivity index (χ1n) is 6.83. The molecule has 1 aromatic rings. The van der Waals surface area contributed by atoms with Crippen molar-refractivity contribution in [1.82, 2.24) is 4.90 Å².